The van der Waals surface area contributed by atoms with Gasteiger partial charge in [-0.3, -0.25) is 32.4 Å². The molecule has 0 aliphatic carbocycles. The Labute approximate surface area is 398 Å². The van der Waals surface area contributed by atoms with Crippen molar-refractivity contribution in [2.24, 2.45) is 0 Å². The molecule has 2 aromatic carbocycles. The molecular weight excluding hydrogens is 1020 g/mol. The average Bonchev–Trinajstić information content (AvgIpc) is 3.72. The number of ether oxygens (including phenoxy) is 1. The van der Waals surface area contributed by atoms with E-state index in [1.54, 1.807) is 25.7 Å². The second kappa shape index (κ2) is 20.4. The average molecular weight is 1070 g/mol. The third kappa shape index (κ3) is 13.7. The summed E-state index contributed by atoms with van der Waals surface area (Å²) in [5, 5.41) is 0.262. The van der Waals surface area contributed by atoms with Gasteiger partial charge in [0.1, 0.15) is 6.54 Å². The third-order valence-corrected chi connectivity index (χ3v) is 15.6. The van der Waals surface area contributed by atoms with Gasteiger partial charge in [0, 0.05) is 54.7 Å². The minimum atomic E-state index is -4.81. The summed E-state index contributed by atoms with van der Waals surface area (Å²) >= 11 is 0. The van der Waals surface area contributed by atoms with Gasteiger partial charge < -0.3 is 14.5 Å². The first kappa shape index (κ1) is 55.0. The highest BCUT2D eigenvalue weighted by Gasteiger charge is 2.49. The van der Waals surface area contributed by atoms with Crippen molar-refractivity contribution < 1.29 is 98.2 Å². The number of hydrogen-bond donors (Lipinski definition) is 5. The van der Waals surface area contributed by atoms with Crippen LogP contribution in [0.1, 0.15) is 97.6 Å². The molecule has 0 bridgehead atoms. The van der Waals surface area contributed by atoms with E-state index in [9.17, 15) is 84.0 Å². The van der Waals surface area contributed by atoms with Gasteiger partial charge >= 0.3 is 11.9 Å². The first-order valence-corrected chi connectivity index (χ1v) is 28.7. The Morgan fingerprint density at radius 3 is 1.88 bits per heavy atom. The molecule has 3 aliphatic heterocycles. The molecule has 1 unspecified atom stereocenters. The van der Waals surface area contributed by atoms with Crippen molar-refractivity contribution in [2.45, 2.75) is 81.4 Å². The normalized spacial score (nSPS) is 19.2. The lowest BCUT2D eigenvalue weighted by Gasteiger charge is -2.30. The molecule has 380 valence electrons. The summed E-state index contributed by atoms with van der Waals surface area (Å²) in [4.78, 5) is 58.5. The summed E-state index contributed by atoms with van der Waals surface area (Å²) in [5.41, 5.74) is -2.08. The number of nitrogens with zero attached hydrogens (tertiary/aromatic N) is 3. The lowest BCUT2D eigenvalue weighted by Crippen LogP contribution is -2.32. The SMILES string of the molecule is CC1(C)C(/C=C/C=C2/N(CCCS(=O)(=O)O)c3ccc(S(=O)(=O)O)cc3C2(C)CCCS(=O)(=O)O)=[N+](CCCS(=O)(=O)O)c2cc(C(=O)ON3C(=O)CCC3=O)cc(C(=O)OCCCS(=O)(=O)O)c21. The molecule has 69 heavy (non-hydrogen) atoms. The topological polar surface area (TPSA) is 368 Å². The Bertz CT molecular complexity index is 3110. The first-order valence-electron chi connectivity index (χ1n) is 20.8. The van der Waals surface area contributed by atoms with Crippen LogP contribution >= 0.6 is 0 Å². The number of rotatable bonds is 22. The van der Waals surface area contributed by atoms with Crippen molar-refractivity contribution in [1.82, 2.24) is 5.06 Å². The minimum Gasteiger partial charge on any atom is -0.462 e. The number of carbonyl (C=O) groups excluding carboxylic acids is 4. The zero-order valence-corrected chi connectivity index (χ0v) is 41.3. The van der Waals surface area contributed by atoms with Crippen LogP contribution in [0.15, 0.2) is 59.2 Å². The molecule has 0 aromatic heterocycles. The third-order valence-electron chi connectivity index (χ3n) is 11.5. The van der Waals surface area contributed by atoms with Crippen LogP contribution in [0.4, 0.5) is 11.4 Å². The van der Waals surface area contributed by atoms with E-state index in [1.807, 2.05) is 0 Å². The Morgan fingerprint density at radius 1 is 0.739 bits per heavy atom. The zero-order chi connectivity index (χ0) is 51.7. The molecule has 3 aliphatic rings. The Morgan fingerprint density at radius 2 is 1.30 bits per heavy atom. The predicted molar refractivity (Wildman–Crippen MR) is 243 cm³/mol. The molecule has 0 radical (unpaired) electrons. The highest BCUT2D eigenvalue weighted by Crippen LogP contribution is 2.51. The van der Waals surface area contributed by atoms with Crippen molar-refractivity contribution in [2.75, 3.05) is 47.6 Å². The lowest BCUT2D eigenvalue weighted by atomic mass is 9.77. The van der Waals surface area contributed by atoms with E-state index in [-0.39, 0.29) is 91.2 Å². The van der Waals surface area contributed by atoms with Gasteiger partial charge in [-0.1, -0.05) is 6.08 Å². The van der Waals surface area contributed by atoms with Gasteiger partial charge in [-0.15, -0.1) is 5.06 Å². The van der Waals surface area contributed by atoms with Crippen molar-refractivity contribution >= 4 is 91.4 Å². The largest absolute Gasteiger partial charge is 0.462 e. The van der Waals surface area contributed by atoms with Crippen LogP contribution in [0.2, 0.25) is 0 Å². The highest BCUT2D eigenvalue weighted by atomic mass is 32.2. The van der Waals surface area contributed by atoms with E-state index in [2.05, 4.69) is 0 Å². The molecule has 5 rings (SSSR count). The monoisotopic (exact) mass is 1070 g/mol. The molecule has 1 atom stereocenters. The maximum atomic E-state index is 13.9. The van der Waals surface area contributed by atoms with Crippen LogP contribution in [0, 0.1) is 0 Å². The zero-order valence-electron chi connectivity index (χ0n) is 37.2. The van der Waals surface area contributed by atoms with Gasteiger partial charge in [0.05, 0.1) is 56.6 Å². The molecular formula is C40H50N3O21S5+. The number of amides is 2. The van der Waals surface area contributed by atoms with Crippen LogP contribution in [0.25, 0.3) is 0 Å². The Balaban J connectivity index is 1.72. The summed E-state index contributed by atoms with van der Waals surface area (Å²) in [6.07, 6.45) is 2.86. The molecule has 1 saturated heterocycles. The van der Waals surface area contributed by atoms with Crippen LogP contribution < -0.4 is 4.90 Å². The quantitative estimate of drug-likeness (QED) is 0.0371. The maximum Gasteiger partial charge on any atom is 0.364 e. The molecule has 1 fully saturated rings. The fourth-order valence-corrected chi connectivity index (χ4v) is 11.0. The number of hydroxylamine groups is 2. The van der Waals surface area contributed by atoms with Gasteiger partial charge in [0.15, 0.2) is 5.71 Å². The maximum absolute atomic E-state index is 13.9. The molecule has 3 heterocycles. The smallest absolute Gasteiger partial charge is 0.364 e. The molecule has 29 heteroatoms. The number of fused-ring (bicyclic) bond motifs is 2. The van der Waals surface area contributed by atoms with Crippen molar-refractivity contribution in [1.29, 1.82) is 0 Å². The van der Waals surface area contributed by atoms with Gasteiger partial charge in [-0.05, 0) is 82.4 Å². The predicted octanol–water partition coefficient (Wildman–Crippen LogP) is 2.41. The fourth-order valence-electron chi connectivity index (χ4n) is 8.53. The van der Waals surface area contributed by atoms with Gasteiger partial charge in [-0.2, -0.15) is 46.7 Å². The summed E-state index contributed by atoms with van der Waals surface area (Å²) in [6.45, 7) is 3.94. The number of imide groups is 1. The van der Waals surface area contributed by atoms with Crippen LogP contribution in [-0.4, -0.2) is 147 Å². The van der Waals surface area contributed by atoms with Gasteiger partial charge in [0.25, 0.3) is 62.4 Å². The summed E-state index contributed by atoms with van der Waals surface area (Å²) < 4.78 is 173. The summed E-state index contributed by atoms with van der Waals surface area (Å²) in [6, 6.07) is 5.85. The van der Waals surface area contributed by atoms with Crippen molar-refractivity contribution in [3.8, 4) is 0 Å². The highest BCUT2D eigenvalue weighted by molar-refractivity contribution is 7.86. The number of benzene rings is 2. The number of hydrogen-bond acceptors (Lipinski definition) is 17. The molecule has 2 amide bonds. The Hall–Kier alpha value is -4.98. The van der Waals surface area contributed by atoms with Gasteiger partial charge in [0.2, 0.25) is 5.69 Å². The first-order chi connectivity index (χ1) is 31.6. The Kier molecular flexibility index (Phi) is 16.2. The van der Waals surface area contributed by atoms with E-state index in [1.165, 1.54) is 34.9 Å². The molecule has 0 saturated carbocycles. The van der Waals surface area contributed by atoms with Crippen LogP contribution in [0.3, 0.4) is 0 Å². The number of esters is 1. The van der Waals surface area contributed by atoms with E-state index in [0.717, 1.165) is 18.2 Å². The number of carbonyl (C=O) groups is 4. The number of allylic oxidation sites excluding steroid dienone is 4. The van der Waals surface area contributed by atoms with Crippen molar-refractivity contribution in [3.05, 3.63) is 76.5 Å². The van der Waals surface area contributed by atoms with Crippen LogP contribution in [0.5, 0.6) is 0 Å². The second-order valence-electron chi connectivity index (χ2n) is 17.0. The van der Waals surface area contributed by atoms with E-state index >= 15 is 0 Å². The summed E-state index contributed by atoms with van der Waals surface area (Å²) in [7, 11) is -22.8. The van der Waals surface area contributed by atoms with E-state index in [0.29, 0.717) is 11.4 Å². The molecule has 5 N–H and O–H groups in total. The second-order valence-corrected chi connectivity index (χ2v) is 24.7. The standard InChI is InChI=1S/C40H49N3O21S5/c1-39(2)32(9-4-10-33-40(3,15-5-19-65(48,49)50)29-25-27(69(60,61)62)11-12-30(29)41(33)16-6-20-66(51,52)53)42(17-7-21-67(54,55)56)31-24-26(37(46)64-43-34(44)13-14-35(43)45)23-28(36(31)39)38(47)63-18-8-22-68(57,58)59/h4,9-12,23-25H,5-8,13-22H2,1-3H3,(H4-,48,49,50,51,52,53,54,55,56,57,58,59,60,61,62)/p+1. The van der Waals surface area contributed by atoms with Crippen LogP contribution in [-0.2, 0) is 80.6 Å². The van der Waals surface area contributed by atoms with E-state index in [4.69, 9.17) is 9.57 Å². The molecule has 2 aromatic rings. The van der Waals surface area contributed by atoms with E-state index < -0.39 is 125 Å². The lowest BCUT2D eigenvalue weighted by molar-refractivity contribution is -0.437. The van der Waals surface area contributed by atoms with Crippen molar-refractivity contribution in [3.63, 3.8) is 0 Å². The molecule has 24 nitrogen and oxygen atoms in total. The summed E-state index contributed by atoms with van der Waals surface area (Å²) in [5.74, 6) is -7.04. The molecule has 0 spiro atoms. The van der Waals surface area contributed by atoms with Gasteiger partial charge in [-0.25, -0.2) is 9.59 Å². The number of anilines is 1. The minimum absolute atomic E-state index is 0.0638. The fraction of sp³-hybridized carbons (Fsp3) is 0.475.